The second-order valence-corrected chi connectivity index (χ2v) is 7.02. The largest absolute Gasteiger partial charge is 0.484 e. The molecule has 0 fully saturated rings. The van der Waals surface area contributed by atoms with Gasteiger partial charge in [0.15, 0.2) is 6.61 Å². The standard InChI is InChI=1S/C17H17N3O4S/c1-12-6-7-14(9-16(12)25(22,23)19-2)20-17(21)11-24-15-5-3-4-13(8-15)10-18/h3-9,19H,11H2,1-2H3,(H,20,21). The number of rotatable bonds is 6. The van der Waals surface area contributed by atoms with Crippen molar-refractivity contribution in [3.8, 4) is 11.8 Å². The molecule has 25 heavy (non-hydrogen) atoms. The Balaban J connectivity index is 2.06. The molecule has 0 bridgehead atoms. The predicted octanol–water partition coefficient (Wildman–Crippen LogP) is 1.79. The first-order chi connectivity index (χ1) is 11.9. The second kappa shape index (κ2) is 7.79. The molecule has 0 saturated heterocycles. The number of carbonyl (C=O) groups is 1. The van der Waals surface area contributed by atoms with E-state index in [4.69, 9.17) is 10.00 Å². The Labute approximate surface area is 146 Å². The predicted molar refractivity (Wildman–Crippen MR) is 92.7 cm³/mol. The van der Waals surface area contributed by atoms with Gasteiger partial charge >= 0.3 is 0 Å². The summed E-state index contributed by atoms with van der Waals surface area (Å²) in [6, 6.07) is 13.0. The van der Waals surface area contributed by atoms with Gasteiger partial charge in [0.2, 0.25) is 10.0 Å². The van der Waals surface area contributed by atoms with Gasteiger partial charge in [0.25, 0.3) is 5.91 Å². The maximum absolute atomic E-state index is 12.0. The van der Waals surface area contributed by atoms with Gasteiger partial charge in [-0.15, -0.1) is 0 Å². The summed E-state index contributed by atoms with van der Waals surface area (Å²) < 4.78 is 31.5. The Morgan fingerprint density at radius 3 is 2.68 bits per heavy atom. The van der Waals surface area contributed by atoms with Crippen LogP contribution in [0.25, 0.3) is 0 Å². The summed E-state index contributed by atoms with van der Waals surface area (Å²) >= 11 is 0. The smallest absolute Gasteiger partial charge is 0.262 e. The zero-order valence-electron chi connectivity index (χ0n) is 13.7. The molecule has 130 valence electrons. The molecular weight excluding hydrogens is 342 g/mol. The molecule has 2 rings (SSSR count). The van der Waals surface area contributed by atoms with Crippen molar-refractivity contribution in [1.29, 1.82) is 5.26 Å². The van der Waals surface area contributed by atoms with E-state index in [-0.39, 0.29) is 11.5 Å². The van der Waals surface area contributed by atoms with Gasteiger partial charge in [-0.1, -0.05) is 12.1 Å². The van der Waals surface area contributed by atoms with E-state index in [1.807, 2.05) is 6.07 Å². The van der Waals surface area contributed by atoms with E-state index >= 15 is 0 Å². The van der Waals surface area contributed by atoms with Gasteiger partial charge in [0, 0.05) is 5.69 Å². The summed E-state index contributed by atoms with van der Waals surface area (Å²) in [6.45, 7) is 1.40. The van der Waals surface area contributed by atoms with Crippen LogP contribution >= 0.6 is 0 Å². The van der Waals surface area contributed by atoms with Gasteiger partial charge in [0.1, 0.15) is 5.75 Å². The minimum absolute atomic E-state index is 0.0930. The number of hydrogen-bond acceptors (Lipinski definition) is 5. The number of benzene rings is 2. The summed E-state index contributed by atoms with van der Waals surface area (Å²) in [5, 5.41) is 11.4. The second-order valence-electron chi connectivity index (χ2n) is 5.16. The molecule has 2 aromatic carbocycles. The van der Waals surface area contributed by atoms with E-state index in [9.17, 15) is 13.2 Å². The highest BCUT2D eigenvalue weighted by atomic mass is 32.2. The highest BCUT2D eigenvalue weighted by molar-refractivity contribution is 7.89. The molecule has 0 heterocycles. The molecule has 2 N–H and O–H groups in total. The van der Waals surface area contributed by atoms with Crippen LogP contribution in [0, 0.1) is 18.3 Å². The fraction of sp³-hybridized carbons (Fsp3) is 0.176. The van der Waals surface area contributed by atoms with Crippen molar-refractivity contribution >= 4 is 21.6 Å². The van der Waals surface area contributed by atoms with Gasteiger partial charge in [0.05, 0.1) is 16.5 Å². The van der Waals surface area contributed by atoms with Crippen molar-refractivity contribution in [2.24, 2.45) is 0 Å². The SMILES string of the molecule is CNS(=O)(=O)c1cc(NC(=O)COc2cccc(C#N)c2)ccc1C. The number of sulfonamides is 1. The number of amides is 1. The van der Waals surface area contributed by atoms with E-state index < -0.39 is 15.9 Å². The van der Waals surface area contributed by atoms with Gasteiger partial charge in [-0.2, -0.15) is 5.26 Å². The van der Waals surface area contributed by atoms with Crippen LogP contribution in [-0.4, -0.2) is 28.0 Å². The maximum Gasteiger partial charge on any atom is 0.262 e. The molecule has 0 aromatic heterocycles. The lowest BCUT2D eigenvalue weighted by atomic mass is 10.2. The van der Waals surface area contributed by atoms with Crippen molar-refractivity contribution in [2.45, 2.75) is 11.8 Å². The maximum atomic E-state index is 12.0. The Morgan fingerprint density at radius 2 is 2.00 bits per heavy atom. The lowest BCUT2D eigenvalue weighted by molar-refractivity contribution is -0.118. The lowest BCUT2D eigenvalue weighted by Crippen LogP contribution is -2.22. The van der Waals surface area contributed by atoms with E-state index in [1.165, 1.54) is 19.2 Å². The van der Waals surface area contributed by atoms with E-state index in [1.54, 1.807) is 37.3 Å². The third kappa shape index (κ3) is 4.79. The highest BCUT2D eigenvalue weighted by Crippen LogP contribution is 2.20. The molecule has 7 nitrogen and oxygen atoms in total. The summed E-state index contributed by atoms with van der Waals surface area (Å²) in [5.74, 6) is -0.0458. The number of ether oxygens (including phenoxy) is 1. The summed E-state index contributed by atoms with van der Waals surface area (Å²) in [7, 11) is -2.29. The molecule has 0 unspecified atom stereocenters. The molecule has 0 aliphatic carbocycles. The van der Waals surface area contributed by atoms with Crippen LogP contribution in [-0.2, 0) is 14.8 Å². The molecule has 0 aliphatic rings. The third-order valence-electron chi connectivity index (χ3n) is 3.36. The minimum Gasteiger partial charge on any atom is -0.484 e. The molecule has 0 radical (unpaired) electrons. The van der Waals surface area contributed by atoms with Crippen molar-refractivity contribution in [1.82, 2.24) is 4.72 Å². The topological polar surface area (TPSA) is 108 Å². The Kier molecular flexibility index (Phi) is 5.75. The molecule has 0 atom stereocenters. The van der Waals surface area contributed by atoms with Crippen LogP contribution in [0.1, 0.15) is 11.1 Å². The van der Waals surface area contributed by atoms with Crippen LogP contribution in [0.4, 0.5) is 5.69 Å². The Morgan fingerprint density at radius 1 is 1.24 bits per heavy atom. The Hall–Kier alpha value is -2.89. The lowest BCUT2D eigenvalue weighted by Gasteiger charge is -2.11. The first-order valence-electron chi connectivity index (χ1n) is 7.33. The highest BCUT2D eigenvalue weighted by Gasteiger charge is 2.15. The molecule has 2 aromatic rings. The zero-order chi connectivity index (χ0) is 18.4. The normalized spacial score (nSPS) is 10.8. The molecule has 1 amide bonds. The average molecular weight is 359 g/mol. The summed E-state index contributed by atoms with van der Waals surface area (Å²) in [5.41, 5.74) is 1.34. The zero-order valence-corrected chi connectivity index (χ0v) is 14.6. The van der Waals surface area contributed by atoms with Gasteiger partial charge in [-0.25, -0.2) is 13.1 Å². The Bertz CT molecular complexity index is 933. The summed E-state index contributed by atoms with van der Waals surface area (Å²) in [4.78, 5) is 12.1. The van der Waals surface area contributed by atoms with E-state index in [2.05, 4.69) is 10.0 Å². The molecule has 8 heteroatoms. The quantitative estimate of drug-likeness (QED) is 0.817. The van der Waals surface area contributed by atoms with Crippen molar-refractivity contribution in [3.63, 3.8) is 0 Å². The van der Waals surface area contributed by atoms with Crippen molar-refractivity contribution < 1.29 is 17.9 Å². The number of carbonyl (C=O) groups excluding carboxylic acids is 1. The van der Waals surface area contributed by atoms with Crippen LogP contribution < -0.4 is 14.8 Å². The van der Waals surface area contributed by atoms with Gasteiger partial charge in [-0.05, 0) is 49.9 Å². The van der Waals surface area contributed by atoms with Crippen molar-refractivity contribution in [3.05, 3.63) is 53.6 Å². The summed E-state index contributed by atoms with van der Waals surface area (Å²) in [6.07, 6.45) is 0. The van der Waals surface area contributed by atoms with Crippen LogP contribution in [0.5, 0.6) is 5.75 Å². The number of hydrogen-bond donors (Lipinski definition) is 2. The van der Waals surface area contributed by atoms with Crippen LogP contribution in [0.15, 0.2) is 47.4 Å². The number of nitrogens with zero attached hydrogens (tertiary/aromatic N) is 1. The fourth-order valence-electron chi connectivity index (χ4n) is 2.08. The van der Waals surface area contributed by atoms with E-state index in [0.29, 0.717) is 22.6 Å². The number of anilines is 1. The number of nitriles is 1. The minimum atomic E-state index is -3.61. The average Bonchev–Trinajstić information content (AvgIpc) is 2.61. The first-order valence-corrected chi connectivity index (χ1v) is 8.81. The molecular formula is C17H17N3O4S. The van der Waals surface area contributed by atoms with Crippen molar-refractivity contribution in [2.75, 3.05) is 19.0 Å². The number of nitrogens with one attached hydrogen (secondary N) is 2. The third-order valence-corrected chi connectivity index (χ3v) is 4.92. The molecule has 0 saturated carbocycles. The fourth-order valence-corrected chi connectivity index (χ4v) is 3.07. The van der Waals surface area contributed by atoms with Crippen LogP contribution in [0.2, 0.25) is 0 Å². The number of aryl methyl sites for hydroxylation is 1. The molecule has 0 spiro atoms. The molecule has 0 aliphatic heterocycles. The first kappa shape index (κ1) is 18.4. The van der Waals surface area contributed by atoms with Crippen LogP contribution in [0.3, 0.4) is 0 Å². The van der Waals surface area contributed by atoms with Gasteiger partial charge in [-0.3, -0.25) is 4.79 Å². The van der Waals surface area contributed by atoms with Gasteiger partial charge < -0.3 is 10.1 Å². The monoisotopic (exact) mass is 359 g/mol. The van der Waals surface area contributed by atoms with E-state index in [0.717, 1.165) is 0 Å².